The molecule has 0 amide bonds. The number of allylic oxidation sites excluding steroid dienone is 1. The van der Waals surface area contributed by atoms with E-state index in [1.807, 2.05) is 30.3 Å². The molecule has 0 aliphatic heterocycles. The van der Waals surface area contributed by atoms with E-state index in [-0.39, 0.29) is 18.0 Å². The molecule has 90 valence electrons. The predicted molar refractivity (Wildman–Crippen MR) is 66.4 cm³/mol. The Morgan fingerprint density at radius 3 is 2.47 bits per heavy atom. The van der Waals surface area contributed by atoms with Gasteiger partial charge in [0.25, 0.3) is 0 Å². The topological polar surface area (TPSA) is 54.4 Å². The number of carbonyl (C=O) groups is 2. The lowest BCUT2D eigenvalue weighted by atomic mass is 10.1. The molecule has 1 N–H and O–H groups in total. The summed E-state index contributed by atoms with van der Waals surface area (Å²) in [5.74, 6) is -0.218. The number of hydrogen-bond donors (Lipinski definition) is 1. The van der Waals surface area contributed by atoms with Crippen LogP contribution in [0.1, 0.15) is 24.8 Å². The average Bonchev–Trinajstić information content (AvgIpc) is 2.37. The van der Waals surface area contributed by atoms with Crippen molar-refractivity contribution in [3.63, 3.8) is 0 Å². The second-order valence-electron chi connectivity index (χ2n) is 3.76. The van der Waals surface area contributed by atoms with E-state index >= 15 is 0 Å². The molecule has 0 atom stereocenters. The number of benzene rings is 1. The molecule has 0 bridgehead atoms. The monoisotopic (exact) mass is 232 g/mol. The summed E-state index contributed by atoms with van der Waals surface area (Å²) in [6.45, 7) is -0.436. The molecular weight excluding hydrogens is 216 g/mol. The molecule has 0 saturated carbocycles. The quantitative estimate of drug-likeness (QED) is 0.731. The van der Waals surface area contributed by atoms with E-state index in [1.165, 1.54) is 6.08 Å². The summed E-state index contributed by atoms with van der Waals surface area (Å²) in [7, 11) is 0. The van der Waals surface area contributed by atoms with Gasteiger partial charge < -0.3 is 5.11 Å². The summed E-state index contributed by atoms with van der Waals surface area (Å²) < 4.78 is 0. The van der Waals surface area contributed by atoms with Gasteiger partial charge in [-0.25, -0.2) is 0 Å². The molecule has 0 radical (unpaired) electrons. The number of carbonyl (C=O) groups excluding carboxylic acids is 2. The lowest BCUT2D eigenvalue weighted by molar-refractivity contribution is -0.122. The minimum absolute atomic E-state index is 0.000377. The summed E-state index contributed by atoms with van der Waals surface area (Å²) in [6, 6.07) is 9.56. The van der Waals surface area contributed by atoms with Gasteiger partial charge in [-0.05, 0) is 18.1 Å². The highest BCUT2D eigenvalue weighted by Gasteiger charge is 2.01. The van der Waals surface area contributed by atoms with Crippen LogP contribution in [0.5, 0.6) is 0 Å². The lowest BCUT2D eigenvalue weighted by Gasteiger charge is -1.95. The Bertz CT molecular complexity index is 393. The van der Waals surface area contributed by atoms with Gasteiger partial charge >= 0.3 is 0 Å². The molecule has 3 nitrogen and oxygen atoms in total. The van der Waals surface area contributed by atoms with Gasteiger partial charge in [0.2, 0.25) is 0 Å². The van der Waals surface area contributed by atoms with Crippen LogP contribution in [-0.2, 0) is 9.59 Å². The first-order chi connectivity index (χ1) is 8.22. The zero-order chi connectivity index (χ0) is 12.5. The highest BCUT2D eigenvalue weighted by Crippen LogP contribution is 2.03. The maximum absolute atomic E-state index is 11.4. The molecule has 0 aromatic heterocycles. The van der Waals surface area contributed by atoms with Crippen LogP contribution in [0, 0.1) is 0 Å². The van der Waals surface area contributed by atoms with Crippen LogP contribution in [0.4, 0.5) is 0 Å². The third kappa shape index (κ3) is 5.78. The average molecular weight is 232 g/mol. The van der Waals surface area contributed by atoms with E-state index in [9.17, 15) is 9.59 Å². The standard InChI is InChI=1S/C14H16O3/c15-11-14(17)8-4-7-13(16)10-9-12-5-2-1-3-6-12/h1-3,5-6,9-10,15H,4,7-8,11H2/b10-9+. The third-order valence-electron chi connectivity index (χ3n) is 2.32. The zero-order valence-corrected chi connectivity index (χ0v) is 9.63. The first-order valence-electron chi connectivity index (χ1n) is 5.61. The van der Waals surface area contributed by atoms with Crippen molar-refractivity contribution in [2.45, 2.75) is 19.3 Å². The van der Waals surface area contributed by atoms with E-state index in [1.54, 1.807) is 6.08 Å². The Morgan fingerprint density at radius 2 is 1.82 bits per heavy atom. The Morgan fingerprint density at radius 1 is 1.12 bits per heavy atom. The minimum Gasteiger partial charge on any atom is -0.389 e. The molecule has 3 heteroatoms. The molecule has 0 unspecified atom stereocenters. The molecule has 1 rings (SSSR count). The maximum atomic E-state index is 11.4. The first-order valence-corrected chi connectivity index (χ1v) is 5.61. The van der Waals surface area contributed by atoms with E-state index in [2.05, 4.69) is 0 Å². The van der Waals surface area contributed by atoms with Crippen molar-refractivity contribution < 1.29 is 14.7 Å². The smallest absolute Gasteiger partial charge is 0.158 e. The van der Waals surface area contributed by atoms with Gasteiger partial charge in [-0.15, -0.1) is 0 Å². The van der Waals surface area contributed by atoms with Crippen LogP contribution in [0.2, 0.25) is 0 Å². The van der Waals surface area contributed by atoms with Crippen molar-refractivity contribution in [2.75, 3.05) is 6.61 Å². The van der Waals surface area contributed by atoms with E-state index in [4.69, 9.17) is 5.11 Å². The maximum Gasteiger partial charge on any atom is 0.158 e. The van der Waals surface area contributed by atoms with Crippen molar-refractivity contribution in [3.8, 4) is 0 Å². The van der Waals surface area contributed by atoms with E-state index < -0.39 is 6.61 Å². The number of Topliss-reactive ketones (excluding diaryl/α,β-unsaturated/α-hetero) is 1. The number of ketones is 2. The molecule has 0 saturated heterocycles. The van der Waals surface area contributed by atoms with Crippen molar-refractivity contribution >= 4 is 17.6 Å². The van der Waals surface area contributed by atoms with Gasteiger partial charge in [-0.2, -0.15) is 0 Å². The Balaban J connectivity index is 2.30. The van der Waals surface area contributed by atoms with Crippen molar-refractivity contribution in [2.24, 2.45) is 0 Å². The molecule has 17 heavy (non-hydrogen) atoms. The fourth-order valence-corrected chi connectivity index (χ4v) is 1.38. The Kier molecular flexibility index (Phi) is 5.89. The molecule has 1 aromatic rings. The van der Waals surface area contributed by atoms with Gasteiger partial charge in [0.1, 0.15) is 6.61 Å². The fraction of sp³-hybridized carbons (Fsp3) is 0.286. The van der Waals surface area contributed by atoms with Crippen LogP contribution in [-0.4, -0.2) is 23.3 Å². The fourth-order valence-electron chi connectivity index (χ4n) is 1.38. The van der Waals surface area contributed by atoms with Gasteiger partial charge in [-0.1, -0.05) is 36.4 Å². The molecule has 0 fully saturated rings. The summed E-state index contributed by atoms with van der Waals surface area (Å²) >= 11 is 0. The number of hydrogen-bond acceptors (Lipinski definition) is 3. The number of rotatable bonds is 7. The van der Waals surface area contributed by atoms with Gasteiger partial charge in [-0.3, -0.25) is 9.59 Å². The molecule has 0 spiro atoms. The summed E-state index contributed by atoms with van der Waals surface area (Å²) in [5.41, 5.74) is 0.979. The summed E-state index contributed by atoms with van der Waals surface area (Å²) in [4.78, 5) is 22.2. The molecule has 0 aliphatic rings. The SMILES string of the molecule is O=C(/C=C/c1ccccc1)CCCC(=O)CO. The van der Waals surface area contributed by atoms with E-state index in [0.717, 1.165) is 5.56 Å². The van der Waals surface area contributed by atoms with Gasteiger partial charge in [0, 0.05) is 12.8 Å². The van der Waals surface area contributed by atoms with E-state index in [0.29, 0.717) is 12.8 Å². The third-order valence-corrected chi connectivity index (χ3v) is 2.32. The minimum atomic E-state index is -0.436. The zero-order valence-electron chi connectivity index (χ0n) is 9.63. The van der Waals surface area contributed by atoms with Crippen LogP contribution >= 0.6 is 0 Å². The van der Waals surface area contributed by atoms with Crippen LogP contribution < -0.4 is 0 Å². The molecule has 0 aliphatic carbocycles. The Hall–Kier alpha value is -1.74. The first kappa shape index (κ1) is 13.3. The van der Waals surface area contributed by atoms with Crippen molar-refractivity contribution in [1.82, 2.24) is 0 Å². The summed E-state index contributed by atoms with van der Waals surface area (Å²) in [5, 5.41) is 8.50. The van der Waals surface area contributed by atoms with Gasteiger partial charge in [0.15, 0.2) is 11.6 Å². The second-order valence-corrected chi connectivity index (χ2v) is 3.76. The van der Waals surface area contributed by atoms with Crippen LogP contribution in [0.3, 0.4) is 0 Å². The molecular formula is C14H16O3. The second kappa shape index (κ2) is 7.52. The van der Waals surface area contributed by atoms with Crippen molar-refractivity contribution in [1.29, 1.82) is 0 Å². The highest BCUT2D eigenvalue weighted by molar-refractivity contribution is 5.93. The highest BCUT2D eigenvalue weighted by atomic mass is 16.3. The normalized spacial score (nSPS) is 10.6. The predicted octanol–water partition coefficient (Wildman–Crippen LogP) is 2.00. The molecule has 1 aromatic carbocycles. The lowest BCUT2D eigenvalue weighted by Crippen LogP contribution is -2.04. The van der Waals surface area contributed by atoms with Crippen LogP contribution in [0.15, 0.2) is 36.4 Å². The van der Waals surface area contributed by atoms with Crippen molar-refractivity contribution in [3.05, 3.63) is 42.0 Å². The largest absolute Gasteiger partial charge is 0.389 e. The van der Waals surface area contributed by atoms with Gasteiger partial charge in [0.05, 0.1) is 0 Å². The Labute approximate surface area is 101 Å². The molecule has 0 heterocycles. The number of aliphatic hydroxyl groups excluding tert-OH is 1. The number of aliphatic hydroxyl groups is 1. The van der Waals surface area contributed by atoms with Crippen LogP contribution in [0.25, 0.3) is 6.08 Å². The summed E-state index contributed by atoms with van der Waals surface area (Å²) in [6.07, 6.45) is 4.39.